The Kier molecular flexibility index (Phi) is 7.95. The van der Waals surface area contributed by atoms with Gasteiger partial charge in [-0.2, -0.15) is 0 Å². The van der Waals surface area contributed by atoms with Crippen molar-refractivity contribution in [2.75, 3.05) is 44.2 Å². The predicted molar refractivity (Wildman–Crippen MR) is 119 cm³/mol. The number of hydrogen-bond acceptors (Lipinski definition) is 7. The van der Waals surface area contributed by atoms with Crippen molar-refractivity contribution in [3.63, 3.8) is 0 Å². The second-order valence-electron chi connectivity index (χ2n) is 6.25. The molecule has 3 rings (SSSR count). The third-order valence-corrected chi connectivity index (χ3v) is 4.56. The Morgan fingerprint density at radius 3 is 2.80 bits per heavy atom. The molecule has 0 atom stereocenters. The number of carbonyl (C=O) groups excluding carboxylic acids is 1. The molecule has 0 aliphatic heterocycles. The van der Waals surface area contributed by atoms with Gasteiger partial charge in [0, 0.05) is 35.3 Å². The fourth-order valence-corrected chi connectivity index (χ4v) is 3.18. The standard InChI is InChI=1S/C21H23BrN4O4/c1-3-29-7-8-30-19-11-17-16(10-18(19)26-20(27)12-28-2)21(24-13-23-17)25-15-6-4-5-14(22)9-15/h4-6,9-11,13H,3,7-8,12H2,1-2H3,(H,26,27)(H,23,24,25). The molecule has 0 bridgehead atoms. The van der Waals surface area contributed by atoms with Crippen LogP contribution in [-0.2, 0) is 14.3 Å². The normalized spacial score (nSPS) is 10.8. The van der Waals surface area contributed by atoms with Gasteiger partial charge in [-0.15, -0.1) is 0 Å². The van der Waals surface area contributed by atoms with E-state index in [2.05, 4.69) is 36.5 Å². The summed E-state index contributed by atoms with van der Waals surface area (Å²) in [5.74, 6) is 0.824. The Bertz CT molecular complexity index is 1020. The van der Waals surface area contributed by atoms with E-state index < -0.39 is 0 Å². The van der Waals surface area contributed by atoms with E-state index in [0.29, 0.717) is 42.6 Å². The highest BCUT2D eigenvalue weighted by molar-refractivity contribution is 9.10. The number of anilines is 3. The van der Waals surface area contributed by atoms with Crippen molar-refractivity contribution < 1.29 is 19.0 Å². The number of nitrogens with zero attached hydrogens (tertiary/aromatic N) is 2. The van der Waals surface area contributed by atoms with Gasteiger partial charge in [0.25, 0.3) is 0 Å². The number of methoxy groups -OCH3 is 1. The van der Waals surface area contributed by atoms with Crippen LogP contribution in [0.4, 0.5) is 17.2 Å². The van der Waals surface area contributed by atoms with Crippen molar-refractivity contribution in [1.82, 2.24) is 9.97 Å². The summed E-state index contributed by atoms with van der Waals surface area (Å²) in [5, 5.41) is 6.86. The molecule has 0 aliphatic rings. The number of ether oxygens (including phenoxy) is 3. The zero-order chi connectivity index (χ0) is 21.3. The van der Waals surface area contributed by atoms with Crippen LogP contribution in [0.2, 0.25) is 0 Å². The monoisotopic (exact) mass is 474 g/mol. The van der Waals surface area contributed by atoms with Crippen molar-refractivity contribution >= 4 is 49.9 Å². The second-order valence-corrected chi connectivity index (χ2v) is 7.17. The first-order chi connectivity index (χ1) is 14.6. The SMILES string of the molecule is CCOCCOc1cc2ncnc(Nc3cccc(Br)c3)c2cc1NC(=O)COC. The van der Waals surface area contributed by atoms with E-state index in [1.54, 1.807) is 12.1 Å². The number of halogens is 1. The molecule has 9 heteroatoms. The Morgan fingerprint density at radius 1 is 1.17 bits per heavy atom. The number of amides is 1. The third-order valence-electron chi connectivity index (χ3n) is 4.06. The maximum atomic E-state index is 12.1. The second kappa shape index (κ2) is 10.9. The van der Waals surface area contributed by atoms with E-state index in [-0.39, 0.29) is 12.5 Å². The molecule has 1 heterocycles. The topological polar surface area (TPSA) is 94.6 Å². The summed E-state index contributed by atoms with van der Waals surface area (Å²) in [7, 11) is 1.47. The zero-order valence-electron chi connectivity index (χ0n) is 16.8. The van der Waals surface area contributed by atoms with Crippen LogP contribution in [0, 0.1) is 0 Å². The number of benzene rings is 2. The zero-order valence-corrected chi connectivity index (χ0v) is 18.4. The lowest BCUT2D eigenvalue weighted by molar-refractivity contribution is -0.119. The van der Waals surface area contributed by atoms with Gasteiger partial charge < -0.3 is 24.8 Å². The Balaban J connectivity index is 1.96. The largest absolute Gasteiger partial charge is 0.489 e. The molecule has 0 fully saturated rings. The van der Waals surface area contributed by atoms with E-state index in [9.17, 15) is 4.79 Å². The Morgan fingerprint density at radius 2 is 2.03 bits per heavy atom. The average molecular weight is 475 g/mol. The Hall–Kier alpha value is -2.75. The highest BCUT2D eigenvalue weighted by atomic mass is 79.9. The van der Waals surface area contributed by atoms with Gasteiger partial charge >= 0.3 is 0 Å². The lowest BCUT2D eigenvalue weighted by atomic mass is 10.2. The quantitative estimate of drug-likeness (QED) is 0.426. The smallest absolute Gasteiger partial charge is 0.250 e. The maximum Gasteiger partial charge on any atom is 0.250 e. The highest BCUT2D eigenvalue weighted by Gasteiger charge is 2.14. The number of rotatable bonds is 10. The molecule has 2 N–H and O–H groups in total. The van der Waals surface area contributed by atoms with E-state index >= 15 is 0 Å². The molecule has 30 heavy (non-hydrogen) atoms. The predicted octanol–water partition coefficient (Wildman–Crippen LogP) is 4.14. The summed E-state index contributed by atoms with van der Waals surface area (Å²) < 4.78 is 17.0. The first-order valence-corrected chi connectivity index (χ1v) is 10.2. The first-order valence-electron chi connectivity index (χ1n) is 9.41. The number of hydrogen-bond donors (Lipinski definition) is 2. The van der Waals surface area contributed by atoms with Gasteiger partial charge in [-0.25, -0.2) is 9.97 Å². The van der Waals surface area contributed by atoms with Crippen molar-refractivity contribution in [3.05, 3.63) is 47.2 Å². The fraction of sp³-hybridized carbons (Fsp3) is 0.286. The summed E-state index contributed by atoms with van der Waals surface area (Å²) in [4.78, 5) is 20.8. The van der Waals surface area contributed by atoms with Crippen LogP contribution in [0.15, 0.2) is 47.2 Å². The molecule has 2 aromatic carbocycles. The molecule has 0 saturated heterocycles. The van der Waals surface area contributed by atoms with Gasteiger partial charge in [-0.1, -0.05) is 22.0 Å². The van der Waals surface area contributed by atoms with Crippen LogP contribution in [-0.4, -0.2) is 49.4 Å². The minimum absolute atomic E-state index is 0.0646. The van der Waals surface area contributed by atoms with Gasteiger partial charge in [0.2, 0.25) is 5.91 Å². The molecule has 1 amide bonds. The molecule has 3 aromatic rings. The van der Waals surface area contributed by atoms with E-state index in [0.717, 1.165) is 15.5 Å². The summed E-state index contributed by atoms with van der Waals surface area (Å²) >= 11 is 3.46. The van der Waals surface area contributed by atoms with Crippen LogP contribution in [0.25, 0.3) is 10.9 Å². The molecule has 0 unspecified atom stereocenters. The molecule has 0 radical (unpaired) electrons. The van der Waals surface area contributed by atoms with Crippen LogP contribution < -0.4 is 15.4 Å². The third kappa shape index (κ3) is 5.88. The van der Waals surface area contributed by atoms with Crippen LogP contribution in [0.3, 0.4) is 0 Å². The van der Waals surface area contributed by atoms with E-state index in [1.165, 1.54) is 13.4 Å². The van der Waals surface area contributed by atoms with Crippen molar-refractivity contribution in [1.29, 1.82) is 0 Å². The average Bonchev–Trinajstić information content (AvgIpc) is 2.72. The maximum absolute atomic E-state index is 12.1. The molecular weight excluding hydrogens is 452 g/mol. The number of carbonyl (C=O) groups is 1. The first kappa shape index (κ1) is 21.9. The number of nitrogens with one attached hydrogen (secondary N) is 2. The molecule has 8 nitrogen and oxygen atoms in total. The van der Waals surface area contributed by atoms with Crippen LogP contribution >= 0.6 is 15.9 Å². The minimum Gasteiger partial charge on any atom is -0.489 e. The van der Waals surface area contributed by atoms with Crippen molar-refractivity contribution in [3.8, 4) is 5.75 Å². The van der Waals surface area contributed by atoms with Crippen molar-refractivity contribution in [2.45, 2.75) is 6.92 Å². The van der Waals surface area contributed by atoms with Gasteiger partial charge in [0.1, 0.15) is 31.1 Å². The van der Waals surface area contributed by atoms with E-state index in [4.69, 9.17) is 14.2 Å². The summed E-state index contributed by atoms with van der Waals surface area (Å²) in [6.07, 6.45) is 1.48. The summed E-state index contributed by atoms with van der Waals surface area (Å²) in [6, 6.07) is 11.3. The molecule has 158 valence electrons. The number of fused-ring (bicyclic) bond motifs is 1. The molecule has 0 spiro atoms. The minimum atomic E-state index is -0.287. The lowest BCUT2D eigenvalue weighted by Crippen LogP contribution is -2.18. The summed E-state index contributed by atoms with van der Waals surface area (Å²) in [5.41, 5.74) is 2.05. The number of aromatic nitrogens is 2. The van der Waals surface area contributed by atoms with Gasteiger partial charge in [-0.05, 0) is 31.2 Å². The lowest BCUT2D eigenvalue weighted by Gasteiger charge is -2.15. The highest BCUT2D eigenvalue weighted by Crippen LogP contribution is 2.33. The Labute approximate surface area is 183 Å². The van der Waals surface area contributed by atoms with Gasteiger partial charge in [-0.3, -0.25) is 4.79 Å². The van der Waals surface area contributed by atoms with Gasteiger partial charge in [0.05, 0.1) is 17.8 Å². The van der Waals surface area contributed by atoms with Crippen molar-refractivity contribution in [2.24, 2.45) is 0 Å². The molecule has 0 aliphatic carbocycles. The molecular formula is C21H23BrN4O4. The van der Waals surface area contributed by atoms with Gasteiger partial charge in [0.15, 0.2) is 0 Å². The summed E-state index contributed by atoms with van der Waals surface area (Å²) in [6.45, 7) is 3.25. The molecule has 0 saturated carbocycles. The van der Waals surface area contributed by atoms with E-state index in [1.807, 2.05) is 31.2 Å². The van der Waals surface area contributed by atoms with Crippen LogP contribution in [0.5, 0.6) is 5.75 Å². The fourth-order valence-electron chi connectivity index (χ4n) is 2.78. The molecule has 1 aromatic heterocycles. The van der Waals surface area contributed by atoms with Crippen LogP contribution in [0.1, 0.15) is 6.92 Å².